The highest BCUT2D eigenvalue weighted by atomic mass is 35.5. The van der Waals surface area contributed by atoms with E-state index in [1.54, 1.807) is 0 Å². The fraction of sp³-hybridized carbons (Fsp3) is 0.0833. The first kappa shape index (κ1) is 19.2. The molecule has 0 saturated heterocycles. The van der Waals surface area contributed by atoms with E-state index < -0.39 is 50.1 Å². The first-order chi connectivity index (χ1) is 11.7. The van der Waals surface area contributed by atoms with Crippen molar-refractivity contribution in [3.05, 3.63) is 56.4 Å². The summed E-state index contributed by atoms with van der Waals surface area (Å²) in [5.74, 6) is 0. The maximum absolute atomic E-state index is 11.9. The third kappa shape index (κ3) is 2.63. The van der Waals surface area contributed by atoms with Crippen molar-refractivity contribution in [2.24, 2.45) is 4.99 Å². The zero-order valence-corrected chi connectivity index (χ0v) is 15.4. The number of hydrogen-bond acceptors (Lipinski definition) is 7. The van der Waals surface area contributed by atoms with E-state index in [0.29, 0.717) is 6.08 Å². The number of alkyl halides is 1. The summed E-state index contributed by atoms with van der Waals surface area (Å²) in [7, 11) is -16.7. The molecule has 0 fully saturated rings. The van der Waals surface area contributed by atoms with Gasteiger partial charge >= 0.3 is 0 Å². The number of fused-ring (bicyclic) bond motifs is 2. The summed E-state index contributed by atoms with van der Waals surface area (Å²) in [6.07, 6.45) is 0.579. The van der Waals surface area contributed by atoms with Gasteiger partial charge in [-0.15, -0.1) is 0 Å². The zero-order valence-electron chi connectivity index (χ0n) is 12.2. The van der Waals surface area contributed by atoms with Gasteiger partial charge in [-0.25, -0.2) is 4.99 Å². The molecule has 140 valence electrons. The molecular weight excluding hydrogens is 434 g/mol. The Kier molecular flexibility index (Phi) is 4.02. The van der Waals surface area contributed by atoms with Gasteiger partial charge in [0.2, 0.25) is 4.21 Å². The van der Waals surface area contributed by atoms with E-state index in [4.69, 9.17) is 11.6 Å². The van der Waals surface area contributed by atoms with Crippen LogP contribution in [0, 0.1) is 0 Å². The first-order valence-corrected chi connectivity index (χ1v) is 11.1. The Morgan fingerprint density at radius 1 is 0.923 bits per heavy atom. The minimum absolute atomic E-state index is 0.126. The van der Waals surface area contributed by atoms with E-state index in [2.05, 4.69) is 4.99 Å². The standard InChI is InChI=1S/C12H8ClNO9S3/c13-12(26(21,22)23)9(24(15,16)17)5-7-6-3-1-2-4-8(6)14-10(7)11(12)25(18,19)20/h1-5H,(H,15,16,17)(H,18,19,20)(H,21,22,23). The van der Waals surface area contributed by atoms with Gasteiger partial charge < -0.3 is 0 Å². The van der Waals surface area contributed by atoms with Gasteiger partial charge in [0, 0.05) is 10.8 Å². The Hall–Kier alpha value is -1.61. The number of rotatable bonds is 3. The molecule has 0 radical (unpaired) electrons. The predicted molar refractivity (Wildman–Crippen MR) is 89.0 cm³/mol. The van der Waals surface area contributed by atoms with Crippen LogP contribution in [0.15, 0.2) is 50.8 Å². The minimum atomic E-state index is -5.73. The SMILES string of the molecule is O=S(=O)(O)C1=CC2=c3ccccc3=NC2=C(S(=O)(=O)O)C1(Cl)S(=O)(=O)O. The summed E-state index contributed by atoms with van der Waals surface area (Å²) in [5, 5.41) is 0.319. The molecule has 0 amide bonds. The Morgan fingerprint density at radius 2 is 1.50 bits per heavy atom. The monoisotopic (exact) mass is 441 g/mol. The van der Waals surface area contributed by atoms with Crippen molar-refractivity contribution in [2.75, 3.05) is 0 Å². The molecule has 3 rings (SSSR count). The average molecular weight is 442 g/mol. The molecule has 1 aliphatic heterocycles. The second-order valence-electron chi connectivity index (χ2n) is 5.25. The number of allylic oxidation sites excluding steroid dienone is 1. The van der Waals surface area contributed by atoms with E-state index in [0.717, 1.165) is 0 Å². The van der Waals surface area contributed by atoms with Gasteiger partial charge in [-0.2, -0.15) is 25.3 Å². The largest absolute Gasteiger partial charge is 0.296 e. The van der Waals surface area contributed by atoms with E-state index in [1.165, 1.54) is 24.3 Å². The smallest absolute Gasteiger partial charge is 0.284 e. The van der Waals surface area contributed by atoms with Crippen molar-refractivity contribution in [1.29, 1.82) is 0 Å². The molecule has 2 aliphatic rings. The molecular formula is C12H8ClNO9S3. The Balaban J connectivity index is 2.68. The molecule has 1 atom stereocenters. The van der Waals surface area contributed by atoms with E-state index >= 15 is 0 Å². The lowest BCUT2D eigenvalue weighted by molar-refractivity contribution is 0.460. The number of nitrogens with zero attached hydrogens (tertiary/aromatic N) is 1. The number of halogens is 1. The molecule has 1 heterocycles. The fourth-order valence-electron chi connectivity index (χ4n) is 2.69. The number of hydrogen-bond donors (Lipinski definition) is 3. The second kappa shape index (κ2) is 5.45. The molecule has 0 bridgehead atoms. The van der Waals surface area contributed by atoms with Crippen molar-refractivity contribution in [2.45, 2.75) is 4.21 Å². The highest BCUT2D eigenvalue weighted by molar-refractivity contribution is 7.97. The van der Waals surface area contributed by atoms with Gasteiger partial charge in [-0.1, -0.05) is 29.8 Å². The van der Waals surface area contributed by atoms with Crippen LogP contribution in [0.3, 0.4) is 0 Å². The summed E-state index contributed by atoms with van der Waals surface area (Å²) >= 11 is 5.75. The highest BCUT2D eigenvalue weighted by Crippen LogP contribution is 2.49. The van der Waals surface area contributed by atoms with Crippen molar-refractivity contribution in [1.82, 2.24) is 0 Å². The molecule has 1 aliphatic carbocycles. The van der Waals surface area contributed by atoms with E-state index in [1.807, 2.05) is 0 Å². The molecule has 26 heavy (non-hydrogen) atoms. The Morgan fingerprint density at radius 3 is 2.00 bits per heavy atom. The van der Waals surface area contributed by atoms with Crippen molar-refractivity contribution in [3.63, 3.8) is 0 Å². The normalized spacial score (nSPS) is 23.2. The molecule has 3 N–H and O–H groups in total. The summed E-state index contributed by atoms with van der Waals surface area (Å²) in [4.78, 5) is 0.705. The van der Waals surface area contributed by atoms with Crippen LogP contribution < -0.4 is 10.6 Å². The molecule has 1 aromatic carbocycles. The number of benzene rings is 1. The van der Waals surface area contributed by atoms with Crippen LogP contribution in [0.2, 0.25) is 0 Å². The third-order valence-corrected chi connectivity index (χ3v) is 8.26. The molecule has 1 aromatic rings. The van der Waals surface area contributed by atoms with Crippen molar-refractivity contribution >= 4 is 47.5 Å². The van der Waals surface area contributed by atoms with Crippen molar-refractivity contribution < 1.29 is 38.9 Å². The predicted octanol–water partition coefficient (Wildman–Crippen LogP) is -0.822. The highest BCUT2D eigenvalue weighted by Gasteiger charge is 2.60. The van der Waals surface area contributed by atoms with Gasteiger partial charge in [-0.3, -0.25) is 13.7 Å². The summed E-state index contributed by atoms with van der Waals surface area (Å²) < 4.78 is 95.5. The van der Waals surface area contributed by atoms with Gasteiger partial charge in [0.05, 0.1) is 11.1 Å². The average Bonchev–Trinajstić information content (AvgIpc) is 2.80. The zero-order chi connectivity index (χ0) is 19.7. The number of para-hydroxylation sites is 1. The van der Waals surface area contributed by atoms with Crippen LogP contribution in [0.4, 0.5) is 0 Å². The van der Waals surface area contributed by atoms with Gasteiger partial charge in [-0.05, 0) is 12.1 Å². The van der Waals surface area contributed by atoms with Gasteiger partial charge in [0.15, 0.2) is 0 Å². The van der Waals surface area contributed by atoms with Crippen LogP contribution in [-0.4, -0.2) is 43.1 Å². The lowest BCUT2D eigenvalue weighted by atomic mass is 10.0. The fourth-order valence-corrected chi connectivity index (χ4v) is 6.93. The Bertz CT molecular complexity index is 1350. The van der Waals surface area contributed by atoms with Gasteiger partial charge in [0.1, 0.15) is 9.81 Å². The molecule has 14 heteroatoms. The quantitative estimate of drug-likeness (QED) is 0.399. The van der Waals surface area contributed by atoms with Crippen molar-refractivity contribution in [3.8, 4) is 0 Å². The van der Waals surface area contributed by atoms with Gasteiger partial charge in [0.25, 0.3) is 30.4 Å². The maximum atomic E-state index is 11.9. The lowest BCUT2D eigenvalue weighted by Crippen LogP contribution is -2.44. The summed E-state index contributed by atoms with van der Waals surface area (Å²) in [6, 6.07) is 5.83. The molecule has 1 unspecified atom stereocenters. The van der Waals surface area contributed by atoms with Crippen LogP contribution in [0.5, 0.6) is 0 Å². The maximum Gasteiger partial charge on any atom is 0.296 e. The van der Waals surface area contributed by atoms with Crippen LogP contribution in [-0.2, 0) is 30.4 Å². The topological polar surface area (TPSA) is 175 Å². The third-order valence-electron chi connectivity index (χ3n) is 3.67. The van der Waals surface area contributed by atoms with Crippen LogP contribution in [0.1, 0.15) is 0 Å². The molecule has 0 aromatic heterocycles. The molecule has 0 spiro atoms. The minimum Gasteiger partial charge on any atom is -0.284 e. The van der Waals surface area contributed by atoms with Crippen LogP contribution in [0.25, 0.3) is 5.57 Å². The summed E-state index contributed by atoms with van der Waals surface area (Å²) in [5.41, 5.74) is -0.894. The molecule has 0 saturated carbocycles. The Labute approximate surface area is 152 Å². The lowest BCUT2D eigenvalue weighted by Gasteiger charge is -2.30. The first-order valence-electron chi connectivity index (χ1n) is 6.45. The van der Waals surface area contributed by atoms with E-state index in [9.17, 15) is 38.9 Å². The second-order valence-corrected chi connectivity index (χ2v) is 10.4. The van der Waals surface area contributed by atoms with Crippen LogP contribution >= 0.6 is 11.6 Å². The van der Waals surface area contributed by atoms with E-state index in [-0.39, 0.29) is 16.1 Å². The summed E-state index contributed by atoms with van der Waals surface area (Å²) in [6.45, 7) is 0. The molecule has 10 nitrogen and oxygen atoms in total.